The number of rotatable bonds is 15. The first-order chi connectivity index (χ1) is 11.4. The van der Waals surface area contributed by atoms with E-state index in [0.29, 0.717) is 26.1 Å². The second-order valence-electron chi connectivity index (χ2n) is 6.34. The maximum atomic E-state index is 11.4. The van der Waals surface area contributed by atoms with Crippen molar-refractivity contribution in [3.8, 4) is 0 Å². The SMILES string of the molecule is CC(S)CCC(=O)OCCCCCCCCOC(=O)CCC(C)S. The molecule has 6 heteroatoms. The summed E-state index contributed by atoms with van der Waals surface area (Å²) >= 11 is 8.47. The van der Waals surface area contributed by atoms with Crippen LogP contribution in [0.5, 0.6) is 0 Å². The number of unbranched alkanes of at least 4 members (excludes halogenated alkanes) is 5. The molecule has 0 aliphatic carbocycles. The molecule has 0 spiro atoms. The molecule has 0 fully saturated rings. The van der Waals surface area contributed by atoms with Crippen LogP contribution in [0.3, 0.4) is 0 Å². The Morgan fingerprint density at radius 2 is 1.04 bits per heavy atom. The topological polar surface area (TPSA) is 52.6 Å². The van der Waals surface area contributed by atoms with E-state index in [1.165, 1.54) is 0 Å². The monoisotopic (exact) mass is 378 g/mol. The minimum Gasteiger partial charge on any atom is -0.466 e. The second-order valence-corrected chi connectivity index (χ2v) is 8.10. The summed E-state index contributed by atoms with van der Waals surface area (Å²) in [6.45, 7) is 4.97. The summed E-state index contributed by atoms with van der Waals surface area (Å²) in [7, 11) is 0. The Morgan fingerprint density at radius 3 is 1.38 bits per heavy atom. The van der Waals surface area contributed by atoms with Crippen LogP contribution in [-0.4, -0.2) is 35.7 Å². The smallest absolute Gasteiger partial charge is 0.305 e. The maximum absolute atomic E-state index is 11.4. The Labute approximate surface area is 158 Å². The number of thiol groups is 2. The molecule has 0 N–H and O–H groups in total. The van der Waals surface area contributed by atoms with E-state index in [0.717, 1.165) is 51.4 Å². The summed E-state index contributed by atoms with van der Waals surface area (Å²) in [6.07, 6.45) is 8.64. The number of hydrogen-bond donors (Lipinski definition) is 2. The predicted octanol–water partition coefficient (Wildman–Crippen LogP) is 4.61. The fourth-order valence-corrected chi connectivity index (χ4v) is 2.34. The van der Waals surface area contributed by atoms with Crippen LogP contribution in [0.25, 0.3) is 0 Å². The molecule has 0 aliphatic rings. The van der Waals surface area contributed by atoms with E-state index < -0.39 is 0 Å². The van der Waals surface area contributed by atoms with Gasteiger partial charge in [0.2, 0.25) is 0 Å². The summed E-state index contributed by atoms with van der Waals surface area (Å²) in [5.41, 5.74) is 0. The average Bonchev–Trinajstić information content (AvgIpc) is 2.52. The Hall–Kier alpha value is -0.360. The molecule has 0 saturated heterocycles. The Bertz CT molecular complexity index is 301. The van der Waals surface area contributed by atoms with Crippen LogP contribution in [0.2, 0.25) is 0 Å². The molecule has 0 aromatic rings. The van der Waals surface area contributed by atoms with Gasteiger partial charge in [0.05, 0.1) is 13.2 Å². The first kappa shape index (κ1) is 23.6. The first-order valence-corrected chi connectivity index (χ1v) is 10.1. The normalized spacial score (nSPS) is 13.3. The molecule has 24 heavy (non-hydrogen) atoms. The van der Waals surface area contributed by atoms with E-state index in [2.05, 4.69) is 25.3 Å². The van der Waals surface area contributed by atoms with Crippen molar-refractivity contribution in [2.24, 2.45) is 0 Å². The highest BCUT2D eigenvalue weighted by atomic mass is 32.1. The minimum absolute atomic E-state index is 0.120. The van der Waals surface area contributed by atoms with Gasteiger partial charge in [-0.1, -0.05) is 39.5 Å². The van der Waals surface area contributed by atoms with Gasteiger partial charge in [-0.3, -0.25) is 9.59 Å². The summed E-state index contributed by atoms with van der Waals surface area (Å²) in [4.78, 5) is 22.8. The molecule has 0 aromatic carbocycles. The van der Waals surface area contributed by atoms with Gasteiger partial charge in [0.15, 0.2) is 0 Å². The Kier molecular flexibility index (Phi) is 15.9. The van der Waals surface area contributed by atoms with Crippen molar-refractivity contribution in [2.75, 3.05) is 13.2 Å². The van der Waals surface area contributed by atoms with Crippen molar-refractivity contribution in [1.29, 1.82) is 0 Å². The van der Waals surface area contributed by atoms with Crippen LogP contribution in [0.4, 0.5) is 0 Å². The average molecular weight is 379 g/mol. The third kappa shape index (κ3) is 18.0. The third-order valence-corrected chi connectivity index (χ3v) is 4.11. The number of hydrogen-bond acceptors (Lipinski definition) is 6. The van der Waals surface area contributed by atoms with Gasteiger partial charge >= 0.3 is 11.9 Å². The maximum Gasteiger partial charge on any atom is 0.305 e. The van der Waals surface area contributed by atoms with Crippen LogP contribution in [0, 0.1) is 0 Å². The highest BCUT2D eigenvalue weighted by molar-refractivity contribution is 7.81. The molecule has 2 atom stereocenters. The van der Waals surface area contributed by atoms with Gasteiger partial charge < -0.3 is 9.47 Å². The van der Waals surface area contributed by atoms with Crippen molar-refractivity contribution >= 4 is 37.2 Å². The molecule has 4 nitrogen and oxygen atoms in total. The van der Waals surface area contributed by atoms with Crippen molar-refractivity contribution in [3.63, 3.8) is 0 Å². The molecule has 142 valence electrons. The standard InChI is InChI=1S/C18H34O4S2/c1-15(23)9-11-17(19)21-13-7-5-3-4-6-8-14-22-18(20)12-10-16(2)24/h15-16,23-24H,3-14H2,1-2H3. The largest absolute Gasteiger partial charge is 0.466 e. The van der Waals surface area contributed by atoms with E-state index in [4.69, 9.17) is 9.47 Å². The molecule has 0 amide bonds. The fourth-order valence-electron chi connectivity index (χ4n) is 2.08. The van der Waals surface area contributed by atoms with Crippen molar-refractivity contribution < 1.29 is 19.1 Å². The van der Waals surface area contributed by atoms with Gasteiger partial charge in [-0.15, -0.1) is 0 Å². The van der Waals surface area contributed by atoms with E-state index in [1.54, 1.807) is 0 Å². The molecular weight excluding hydrogens is 344 g/mol. The molecule has 2 unspecified atom stereocenters. The zero-order chi connectivity index (χ0) is 18.2. The van der Waals surface area contributed by atoms with Crippen LogP contribution in [0.15, 0.2) is 0 Å². The van der Waals surface area contributed by atoms with Gasteiger partial charge in [-0.05, 0) is 36.2 Å². The Balaban J connectivity index is 3.25. The molecule has 0 bridgehead atoms. The number of carbonyl (C=O) groups excluding carboxylic acids is 2. The van der Waals surface area contributed by atoms with Gasteiger partial charge in [0, 0.05) is 12.8 Å². The fraction of sp³-hybridized carbons (Fsp3) is 0.889. The summed E-state index contributed by atoms with van der Waals surface area (Å²) < 4.78 is 10.3. The number of carbonyl (C=O) groups is 2. The van der Waals surface area contributed by atoms with E-state index in [-0.39, 0.29) is 22.4 Å². The van der Waals surface area contributed by atoms with Gasteiger partial charge in [0.25, 0.3) is 0 Å². The number of esters is 2. The van der Waals surface area contributed by atoms with E-state index >= 15 is 0 Å². The summed E-state index contributed by atoms with van der Waals surface area (Å²) in [6, 6.07) is 0. The zero-order valence-corrected chi connectivity index (χ0v) is 17.0. The van der Waals surface area contributed by atoms with Crippen LogP contribution in [-0.2, 0) is 19.1 Å². The molecular formula is C18H34O4S2. The van der Waals surface area contributed by atoms with Crippen molar-refractivity contribution in [2.45, 2.75) is 88.6 Å². The highest BCUT2D eigenvalue weighted by Crippen LogP contribution is 2.08. The van der Waals surface area contributed by atoms with Crippen LogP contribution >= 0.6 is 25.3 Å². The lowest BCUT2D eigenvalue weighted by molar-refractivity contribution is -0.144. The molecule has 0 heterocycles. The Morgan fingerprint density at radius 1 is 0.708 bits per heavy atom. The molecule has 0 rings (SSSR count). The highest BCUT2D eigenvalue weighted by Gasteiger charge is 2.05. The third-order valence-electron chi connectivity index (χ3n) is 3.60. The van der Waals surface area contributed by atoms with Gasteiger partial charge in [-0.25, -0.2) is 0 Å². The van der Waals surface area contributed by atoms with Crippen LogP contribution in [0.1, 0.15) is 78.1 Å². The quantitative estimate of drug-likeness (QED) is 0.248. The zero-order valence-electron chi connectivity index (χ0n) is 15.2. The lowest BCUT2D eigenvalue weighted by Gasteiger charge is -2.07. The van der Waals surface area contributed by atoms with Crippen molar-refractivity contribution in [3.05, 3.63) is 0 Å². The van der Waals surface area contributed by atoms with Crippen molar-refractivity contribution in [1.82, 2.24) is 0 Å². The first-order valence-electron chi connectivity index (χ1n) is 9.09. The molecule has 0 radical (unpaired) electrons. The number of ether oxygens (including phenoxy) is 2. The summed E-state index contributed by atoms with van der Waals surface area (Å²) in [5, 5.41) is 0.478. The molecule has 0 aromatic heterocycles. The van der Waals surface area contributed by atoms with Crippen LogP contribution < -0.4 is 0 Å². The van der Waals surface area contributed by atoms with E-state index in [9.17, 15) is 9.59 Å². The summed E-state index contributed by atoms with van der Waals surface area (Å²) in [5.74, 6) is -0.241. The predicted molar refractivity (Wildman–Crippen MR) is 105 cm³/mol. The second kappa shape index (κ2) is 16.1. The minimum atomic E-state index is -0.120. The lowest BCUT2D eigenvalue weighted by atomic mass is 10.1. The lowest BCUT2D eigenvalue weighted by Crippen LogP contribution is -2.08. The molecule has 0 aliphatic heterocycles. The van der Waals surface area contributed by atoms with Gasteiger partial charge in [0.1, 0.15) is 0 Å². The molecule has 0 saturated carbocycles. The van der Waals surface area contributed by atoms with E-state index in [1.807, 2.05) is 13.8 Å². The van der Waals surface area contributed by atoms with Gasteiger partial charge in [-0.2, -0.15) is 25.3 Å².